The predicted molar refractivity (Wildman–Crippen MR) is 75.6 cm³/mol. The van der Waals surface area contributed by atoms with Crippen molar-refractivity contribution < 1.29 is 4.79 Å². The van der Waals surface area contributed by atoms with Gasteiger partial charge in [-0.1, -0.05) is 22.9 Å². The molecule has 1 saturated heterocycles. The molecule has 0 radical (unpaired) electrons. The maximum Gasteiger partial charge on any atom is 0.222 e. The molecular formula is C13H25BrN2O. The Balaban J connectivity index is 2.49. The summed E-state index contributed by atoms with van der Waals surface area (Å²) < 4.78 is 0. The molecule has 0 aromatic heterocycles. The molecule has 0 spiro atoms. The Bertz CT molecular complexity index is 235. The van der Waals surface area contributed by atoms with Gasteiger partial charge in [-0.2, -0.15) is 0 Å². The zero-order valence-corrected chi connectivity index (χ0v) is 12.7. The summed E-state index contributed by atoms with van der Waals surface area (Å²) in [5, 5.41) is 1.00. The number of likely N-dealkylation sites (N-methyl/N-ethyl adjacent to an activating group) is 1. The van der Waals surface area contributed by atoms with Crippen molar-refractivity contribution in [2.24, 2.45) is 0 Å². The van der Waals surface area contributed by atoms with Crippen LogP contribution in [0.25, 0.3) is 0 Å². The van der Waals surface area contributed by atoms with Gasteiger partial charge in [0.1, 0.15) is 0 Å². The van der Waals surface area contributed by atoms with E-state index in [9.17, 15) is 4.79 Å². The van der Waals surface area contributed by atoms with Crippen LogP contribution in [-0.4, -0.2) is 53.8 Å². The first-order valence-electron chi connectivity index (χ1n) is 6.73. The predicted octanol–water partition coefficient (Wildman–Crippen LogP) is 2.49. The Morgan fingerprint density at radius 1 is 1.35 bits per heavy atom. The second-order valence-corrected chi connectivity index (χ2v) is 5.70. The topological polar surface area (TPSA) is 23.6 Å². The third kappa shape index (κ3) is 4.96. The highest BCUT2D eigenvalue weighted by atomic mass is 79.9. The average Bonchev–Trinajstić information content (AvgIpc) is 2.50. The van der Waals surface area contributed by atoms with Crippen molar-refractivity contribution in [1.82, 2.24) is 9.80 Å². The maximum absolute atomic E-state index is 12.2. The van der Waals surface area contributed by atoms with E-state index in [0.29, 0.717) is 18.4 Å². The number of nitrogens with zero attached hydrogens (tertiary/aromatic N) is 2. The van der Waals surface area contributed by atoms with Crippen LogP contribution in [0.1, 0.15) is 39.0 Å². The summed E-state index contributed by atoms with van der Waals surface area (Å²) in [6.45, 7) is 5.26. The first-order chi connectivity index (χ1) is 8.19. The molecule has 17 heavy (non-hydrogen) atoms. The molecule has 1 amide bonds. The molecular weight excluding hydrogens is 280 g/mol. The normalized spacial score (nSPS) is 22.5. The van der Waals surface area contributed by atoms with Crippen molar-refractivity contribution in [1.29, 1.82) is 0 Å². The van der Waals surface area contributed by atoms with Gasteiger partial charge in [-0.3, -0.25) is 4.79 Å². The van der Waals surface area contributed by atoms with Crippen molar-refractivity contribution >= 4 is 21.8 Å². The van der Waals surface area contributed by atoms with Crippen LogP contribution in [-0.2, 0) is 4.79 Å². The summed E-state index contributed by atoms with van der Waals surface area (Å²) in [7, 11) is 2.15. The van der Waals surface area contributed by atoms with Crippen LogP contribution in [0.15, 0.2) is 0 Å². The van der Waals surface area contributed by atoms with E-state index in [1.807, 2.05) is 0 Å². The quantitative estimate of drug-likeness (QED) is 0.575. The van der Waals surface area contributed by atoms with E-state index in [1.54, 1.807) is 0 Å². The Hall–Kier alpha value is -0.0900. The molecule has 0 bridgehead atoms. The highest BCUT2D eigenvalue weighted by Gasteiger charge is 2.25. The molecule has 0 saturated carbocycles. The fourth-order valence-electron chi connectivity index (χ4n) is 2.44. The average molecular weight is 305 g/mol. The van der Waals surface area contributed by atoms with Crippen LogP contribution in [0.4, 0.5) is 0 Å². The fourth-order valence-corrected chi connectivity index (χ4v) is 2.83. The molecule has 1 fully saturated rings. The van der Waals surface area contributed by atoms with Crippen molar-refractivity contribution in [2.75, 3.05) is 32.0 Å². The van der Waals surface area contributed by atoms with Gasteiger partial charge in [0.05, 0.1) is 0 Å². The largest absolute Gasteiger partial charge is 0.338 e. The second kappa shape index (κ2) is 8.09. The van der Waals surface area contributed by atoms with Crippen molar-refractivity contribution in [3.8, 4) is 0 Å². The van der Waals surface area contributed by atoms with Crippen molar-refractivity contribution in [2.45, 2.75) is 45.1 Å². The van der Waals surface area contributed by atoms with Gasteiger partial charge in [-0.15, -0.1) is 0 Å². The minimum absolute atomic E-state index is 0.355. The first-order valence-corrected chi connectivity index (χ1v) is 7.85. The van der Waals surface area contributed by atoms with Crippen LogP contribution in [0, 0.1) is 0 Å². The summed E-state index contributed by atoms with van der Waals surface area (Å²) >= 11 is 3.41. The molecule has 0 N–H and O–H groups in total. The molecule has 0 aromatic rings. The third-order valence-corrected chi connectivity index (χ3v) is 4.03. The maximum atomic E-state index is 12.2. The summed E-state index contributed by atoms with van der Waals surface area (Å²) in [6, 6.07) is 0.416. The smallest absolute Gasteiger partial charge is 0.222 e. The van der Waals surface area contributed by atoms with Crippen LogP contribution in [0.5, 0.6) is 0 Å². The zero-order chi connectivity index (χ0) is 12.7. The molecule has 0 aliphatic carbocycles. The van der Waals surface area contributed by atoms with Crippen LogP contribution in [0.2, 0.25) is 0 Å². The molecule has 4 heteroatoms. The van der Waals surface area contributed by atoms with Crippen molar-refractivity contribution in [3.63, 3.8) is 0 Å². The highest BCUT2D eigenvalue weighted by Crippen LogP contribution is 2.14. The first kappa shape index (κ1) is 15.0. The zero-order valence-electron chi connectivity index (χ0n) is 11.1. The highest BCUT2D eigenvalue weighted by molar-refractivity contribution is 9.09. The lowest BCUT2D eigenvalue weighted by atomic mass is 10.1. The van der Waals surface area contributed by atoms with Gasteiger partial charge in [0.25, 0.3) is 0 Å². The number of hydrogen-bond donors (Lipinski definition) is 0. The van der Waals surface area contributed by atoms with Gasteiger partial charge < -0.3 is 9.80 Å². The molecule has 1 unspecified atom stereocenters. The van der Waals surface area contributed by atoms with E-state index in [0.717, 1.165) is 50.6 Å². The lowest BCUT2D eigenvalue weighted by Gasteiger charge is -2.30. The lowest BCUT2D eigenvalue weighted by molar-refractivity contribution is -0.133. The minimum atomic E-state index is 0.355. The van der Waals surface area contributed by atoms with Gasteiger partial charge in [-0.05, 0) is 39.3 Å². The third-order valence-electron chi connectivity index (χ3n) is 3.47. The molecule has 1 aliphatic rings. The van der Waals surface area contributed by atoms with E-state index >= 15 is 0 Å². The standard InChI is InChI=1S/C13H25BrN2O/c1-3-12-11-15(2)9-6-10-16(12)13(17)7-4-5-8-14/h12H,3-11H2,1-2H3. The molecule has 1 rings (SSSR count). The number of carbonyl (C=O) groups is 1. The van der Waals surface area contributed by atoms with Crippen LogP contribution in [0.3, 0.4) is 0 Å². The molecule has 100 valence electrons. The number of halogens is 1. The Kier molecular flexibility index (Phi) is 7.12. The monoisotopic (exact) mass is 304 g/mol. The Morgan fingerprint density at radius 2 is 2.12 bits per heavy atom. The van der Waals surface area contributed by atoms with E-state index in [-0.39, 0.29) is 0 Å². The summed E-state index contributed by atoms with van der Waals surface area (Å²) in [5.41, 5.74) is 0. The van der Waals surface area contributed by atoms with Gasteiger partial charge in [0, 0.05) is 30.9 Å². The van der Waals surface area contributed by atoms with E-state index in [4.69, 9.17) is 0 Å². The molecule has 3 nitrogen and oxygen atoms in total. The van der Waals surface area contributed by atoms with Gasteiger partial charge in [0.15, 0.2) is 0 Å². The van der Waals surface area contributed by atoms with E-state index in [2.05, 4.69) is 39.7 Å². The van der Waals surface area contributed by atoms with Gasteiger partial charge >= 0.3 is 0 Å². The van der Waals surface area contributed by atoms with Gasteiger partial charge in [-0.25, -0.2) is 0 Å². The minimum Gasteiger partial charge on any atom is -0.338 e. The molecule has 1 atom stereocenters. The summed E-state index contributed by atoms with van der Waals surface area (Å²) in [4.78, 5) is 16.7. The Morgan fingerprint density at radius 3 is 2.76 bits per heavy atom. The fraction of sp³-hybridized carbons (Fsp3) is 0.923. The summed E-state index contributed by atoms with van der Waals surface area (Å²) in [6.07, 6.45) is 4.99. The number of rotatable bonds is 5. The number of hydrogen-bond acceptors (Lipinski definition) is 2. The number of amides is 1. The van der Waals surface area contributed by atoms with Crippen molar-refractivity contribution in [3.05, 3.63) is 0 Å². The number of carbonyl (C=O) groups excluding carboxylic acids is 1. The lowest BCUT2D eigenvalue weighted by Crippen LogP contribution is -2.43. The number of alkyl halides is 1. The molecule has 0 aromatic carbocycles. The summed E-state index contributed by atoms with van der Waals surface area (Å²) in [5.74, 6) is 0.355. The van der Waals surface area contributed by atoms with Gasteiger partial charge in [0.2, 0.25) is 5.91 Å². The van der Waals surface area contributed by atoms with E-state index in [1.165, 1.54) is 0 Å². The van der Waals surface area contributed by atoms with Crippen LogP contribution < -0.4 is 0 Å². The SMILES string of the molecule is CCC1CN(C)CCCN1C(=O)CCCCBr. The molecule has 1 heterocycles. The second-order valence-electron chi connectivity index (χ2n) is 4.91. The van der Waals surface area contributed by atoms with Crippen LogP contribution >= 0.6 is 15.9 Å². The number of unbranched alkanes of at least 4 members (excludes halogenated alkanes) is 1. The Labute approximate surface area is 114 Å². The van der Waals surface area contributed by atoms with E-state index < -0.39 is 0 Å². The molecule has 1 aliphatic heterocycles.